The number of carbonyl (C=O) groups is 1. The van der Waals surface area contributed by atoms with E-state index in [1.807, 2.05) is 42.1 Å². The molecule has 8 heteroatoms. The van der Waals surface area contributed by atoms with E-state index in [2.05, 4.69) is 54.0 Å². The van der Waals surface area contributed by atoms with Gasteiger partial charge in [-0.2, -0.15) is 0 Å². The lowest BCUT2D eigenvalue weighted by atomic mass is 9.91. The molecule has 0 bridgehead atoms. The van der Waals surface area contributed by atoms with E-state index in [4.69, 9.17) is 4.74 Å². The lowest BCUT2D eigenvalue weighted by molar-refractivity contribution is -0.134. The van der Waals surface area contributed by atoms with Crippen molar-refractivity contribution in [3.8, 4) is 5.75 Å². The lowest BCUT2D eigenvalue weighted by Gasteiger charge is -2.34. The predicted octanol–water partition coefficient (Wildman–Crippen LogP) is 4.95. The van der Waals surface area contributed by atoms with Crippen molar-refractivity contribution in [1.82, 2.24) is 19.9 Å². The molecule has 0 radical (unpaired) electrons. The van der Waals surface area contributed by atoms with Gasteiger partial charge in [-0.3, -0.25) is 4.79 Å². The molecule has 0 saturated carbocycles. The number of amides is 1. The summed E-state index contributed by atoms with van der Waals surface area (Å²) in [5, 5.41) is 4.34. The molecule has 1 amide bonds. The average molecular weight is 477 g/mol. The van der Waals surface area contributed by atoms with E-state index in [1.54, 1.807) is 12.5 Å². The van der Waals surface area contributed by atoms with Gasteiger partial charge >= 0.3 is 0 Å². The molecule has 0 spiro atoms. The van der Waals surface area contributed by atoms with E-state index < -0.39 is 0 Å². The number of benzene rings is 1. The highest BCUT2D eigenvalue weighted by Gasteiger charge is 2.27. The number of pyridine rings is 1. The Kier molecular flexibility index (Phi) is 7.10. The Hall–Kier alpha value is -3.42. The van der Waals surface area contributed by atoms with Crippen LogP contribution in [0.4, 0.5) is 17.3 Å². The molecular formula is C27H36N6O2. The van der Waals surface area contributed by atoms with Crippen LogP contribution in [0.15, 0.2) is 36.8 Å². The minimum Gasteiger partial charge on any atom is -0.490 e. The molecule has 1 fully saturated rings. The molecule has 35 heavy (non-hydrogen) atoms. The number of likely N-dealkylation sites (tertiary alicyclic amines) is 1. The molecule has 4 rings (SSSR count). The highest BCUT2D eigenvalue weighted by Crippen LogP contribution is 2.30. The minimum absolute atomic E-state index is 0.0148. The van der Waals surface area contributed by atoms with Crippen LogP contribution in [0.25, 0.3) is 10.9 Å². The Labute approximate surface area is 207 Å². The Morgan fingerprint density at radius 1 is 1.14 bits per heavy atom. The minimum atomic E-state index is 0.0148. The molecule has 0 aliphatic carbocycles. The first kappa shape index (κ1) is 24.7. The summed E-state index contributed by atoms with van der Waals surface area (Å²) in [7, 11) is 3.92. The van der Waals surface area contributed by atoms with Gasteiger partial charge in [-0.05, 0) is 42.2 Å². The predicted molar refractivity (Wildman–Crippen MR) is 140 cm³/mol. The standard InChI is InChI=1S/C27H36N6O2/c1-18-13-19(31-26-21-14-24(32(5)6)28-16-22(21)29-17-30-26)7-8-23(18)35-20-9-11-33(12-10-20)25(34)15-27(2,3)4/h7-8,13-14,16-17,20H,9-12,15H2,1-6H3,(H,29,30,31). The second-order valence-corrected chi connectivity index (χ2v) is 10.7. The van der Waals surface area contributed by atoms with Gasteiger partial charge in [0.15, 0.2) is 0 Å². The van der Waals surface area contributed by atoms with Crippen LogP contribution in [0.3, 0.4) is 0 Å². The average Bonchev–Trinajstić information content (AvgIpc) is 2.80. The van der Waals surface area contributed by atoms with Crippen molar-refractivity contribution >= 4 is 34.1 Å². The third-order valence-electron chi connectivity index (χ3n) is 6.17. The van der Waals surface area contributed by atoms with Gasteiger partial charge in [0.25, 0.3) is 0 Å². The number of ether oxygens (including phenoxy) is 1. The van der Waals surface area contributed by atoms with Crippen molar-refractivity contribution in [3.63, 3.8) is 0 Å². The quantitative estimate of drug-likeness (QED) is 0.539. The van der Waals surface area contributed by atoms with Crippen molar-refractivity contribution in [1.29, 1.82) is 0 Å². The maximum absolute atomic E-state index is 12.5. The molecule has 1 saturated heterocycles. The monoisotopic (exact) mass is 476 g/mol. The van der Waals surface area contributed by atoms with Gasteiger partial charge in [0, 0.05) is 57.5 Å². The SMILES string of the molecule is Cc1cc(Nc2ncnc3cnc(N(C)C)cc23)ccc1OC1CCN(C(=O)CC(C)(C)C)CC1. The summed E-state index contributed by atoms with van der Waals surface area (Å²) in [4.78, 5) is 29.7. The summed E-state index contributed by atoms with van der Waals surface area (Å²) in [6.07, 6.45) is 5.72. The van der Waals surface area contributed by atoms with Crippen LogP contribution in [-0.4, -0.2) is 59.0 Å². The maximum atomic E-state index is 12.5. The number of nitrogens with one attached hydrogen (secondary N) is 1. The summed E-state index contributed by atoms with van der Waals surface area (Å²) in [5.41, 5.74) is 2.79. The van der Waals surface area contributed by atoms with Gasteiger partial charge in [-0.15, -0.1) is 0 Å². The molecule has 0 atom stereocenters. The van der Waals surface area contributed by atoms with E-state index in [1.165, 1.54) is 0 Å². The first-order valence-electron chi connectivity index (χ1n) is 12.2. The summed E-state index contributed by atoms with van der Waals surface area (Å²) in [6, 6.07) is 8.07. The Morgan fingerprint density at radius 2 is 1.89 bits per heavy atom. The van der Waals surface area contributed by atoms with Crippen LogP contribution in [0.1, 0.15) is 45.6 Å². The molecule has 3 aromatic rings. The summed E-state index contributed by atoms with van der Waals surface area (Å²) >= 11 is 0. The van der Waals surface area contributed by atoms with Crippen LogP contribution >= 0.6 is 0 Å². The number of nitrogens with zero attached hydrogens (tertiary/aromatic N) is 5. The molecule has 8 nitrogen and oxygen atoms in total. The third kappa shape index (κ3) is 6.18. The molecular weight excluding hydrogens is 440 g/mol. The van der Waals surface area contributed by atoms with Crippen molar-refractivity contribution in [2.75, 3.05) is 37.4 Å². The summed E-state index contributed by atoms with van der Waals surface area (Å²) < 4.78 is 6.33. The van der Waals surface area contributed by atoms with Gasteiger partial charge in [0.05, 0.1) is 11.7 Å². The largest absolute Gasteiger partial charge is 0.490 e. The zero-order valence-corrected chi connectivity index (χ0v) is 21.6. The number of carbonyl (C=O) groups excluding carboxylic acids is 1. The number of piperidine rings is 1. The first-order chi connectivity index (χ1) is 16.6. The van der Waals surface area contributed by atoms with Crippen LogP contribution in [0.5, 0.6) is 5.75 Å². The molecule has 1 aromatic carbocycles. The number of rotatable bonds is 6. The Morgan fingerprint density at radius 3 is 2.54 bits per heavy atom. The highest BCUT2D eigenvalue weighted by molar-refractivity contribution is 5.91. The van der Waals surface area contributed by atoms with Gasteiger partial charge in [0.2, 0.25) is 5.91 Å². The van der Waals surface area contributed by atoms with Crippen molar-refractivity contribution in [2.45, 2.75) is 53.1 Å². The van der Waals surface area contributed by atoms with Crippen molar-refractivity contribution in [2.24, 2.45) is 5.41 Å². The maximum Gasteiger partial charge on any atom is 0.223 e. The lowest BCUT2D eigenvalue weighted by Crippen LogP contribution is -2.42. The topological polar surface area (TPSA) is 83.5 Å². The summed E-state index contributed by atoms with van der Waals surface area (Å²) in [6.45, 7) is 9.87. The molecule has 1 N–H and O–H groups in total. The first-order valence-corrected chi connectivity index (χ1v) is 12.2. The number of hydrogen-bond donors (Lipinski definition) is 1. The molecule has 0 unspecified atom stereocenters. The fourth-order valence-electron chi connectivity index (χ4n) is 4.26. The zero-order chi connectivity index (χ0) is 25.2. The second kappa shape index (κ2) is 10.1. The van der Waals surface area contributed by atoms with Crippen molar-refractivity contribution in [3.05, 3.63) is 42.4 Å². The molecule has 1 aliphatic rings. The summed E-state index contributed by atoms with van der Waals surface area (Å²) in [5.74, 6) is 2.71. The van der Waals surface area contributed by atoms with E-state index >= 15 is 0 Å². The molecule has 1 aliphatic heterocycles. The number of anilines is 3. The van der Waals surface area contributed by atoms with Gasteiger partial charge in [-0.1, -0.05) is 20.8 Å². The zero-order valence-electron chi connectivity index (χ0n) is 21.6. The van der Waals surface area contributed by atoms with Gasteiger partial charge in [-0.25, -0.2) is 15.0 Å². The number of fused-ring (bicyclic) bond motifs is 1. The molecule has 2 aromatic heterocycles. The van der Waals surface area contributed by atoms with E-state index in [-0.39, 0.29) is 17.4 Å². The molecule has 186 valence electrons. The third-order valence-corrected chi connectivity index (χ3v) is 6.17. The van der Waals surface area contributed by atoms with E-state index in [0.29, 0.717) is 6.42 Å². The van der Waals surface area contributed by atoms with Crippen molar-refractivity contribution < 1.29 is 9.53 Å². The number of hydrogen-bond acceptors (Lipinski definition) is 7. The fourth-order valence-corrected chi connectivity index (χ4v) is 4.26. The molecule has 3 heterocycles. The number of aromatic nitrogens is 3. The van der Waals surface area contributed by atoms with E-state index in [0.717, 1.165) is 65.5 Å². The smallest absolute Gasteiger partial charge is 0.223 e. The normalized spacial score (nSPS) is 14.7. The van der Waals surface area contributed by atoms with Gasteiger partial charge < -0.3 is 19.9 Å². The van der Waals surface area contributed by atoms with Crippen LogP contribution < -0.4 is 15.0 Å². The Balaban J connectivity index is 1.40. The Bertz CT molecular complexity index is 1200. The second-order valence-electron chi connectivity index (χ2n) is 10.7. The van der Waals surface area contributed by atoms with Crippen LogP contribution in [0.2, 0.25) is 0 Å². The highest BCUT2D eigenvalue weighted by atomic mass is 16.5. The van der Waals surface area contributed by atoms with Gasteiger partial charge in [0.1, 0.15) is 29.8 Å². The van der Waals surface area contributed by atoms with E-state index in [9.17, 15) is 4.79 Å². The van der Waals surface area contributed by atoms with Crippen LogP contribution in [0, 0.1) is 12.3 Å². The fraction of sp³-hybridized carbons (Fsp3) is 0.481. The van der Waals surface area contributed by atoms with Crippen LogP contribution in [-0.2, 0) is 4.79 Å². The number of aryl methyl sites for hydroxylation is 1.